The zero-order valence-electron chi connectivity index (χ0n) is 12.2. The third-order valence-corrected chi connectivity index (χ3v) is 3.77. The third-order valence-electron chi connectivity index (χ3n) is 3.28. The van der Waals surface area contributed by atoms with Crippen molar-refractivity contribution in [3.63, 3.8) is 0 Å². The van der Waals surface area contributed by atoms with E-state index < -0.39 is 17.9 Å². The van der Waals surface area contributed by atoms with Crippen LogP contribution >= 0.6 is 15.9 Å². The molecular weight excluding hydrogens is 350 g/mol. The van der Waals surface area contributed by atoms with Gasteiger partial charge in [-0.15, -0.1) is 0 Å². The normalized spacial score (nSPS) is 12.0. The van der Waals surface area contributed by atoms with Gasteiger partial charge in [-0.1, -0.05) is 28.1 Å². The average Bonchev–Trinajstić information content (AvgIpc) is 2.77. The van der Waals surface area contributed by atoms with Crippen LogP contribution in [-0.2, 0) is 11.8 Å². The molecule has 1 unspecified atom stereocenters. The van der Waals surface area contributed by atoms with Crippen LogP contribution in [0.2, 0.25) is 0 Å². The number of nitrogens with one attached hydrogen (secondary N) is 1. The quantitative estimate of drug-likeness (QED) is 0.851. The van der Waals surface area contributed by atoms with Crippen LogP contribution in [0.3, 0.4) is 0 Å². The van der Waals surface area contributed by atoms with E-state index in [4.69, 9.17) is 5.11 Å². The SMILES string of the molecule is Cc1cc(C(=O)NC(CC(=O)O)c2cccc(Br)c2)nn1C. The maximum Gasteiger partial charge on any atom is 0.305 e. The summed E-state index contributed by atoms with van der Waals surface area (Å²) in [5, 5.41) is 15.9. The Morgan fingerprint density at radius 2 is 2.14 bits per heavy atom. The maximum absolute atomic E-state index is 12.3. The Morgan fingerprint density at radius 3 is 2.68 bits per heavy atom. The van der Waals surface area contributed by atoms with E-state index in [1.54, 1.807) is 36.0 Å². The van der Waals surface area contributed by atoms with Gasteiger partial charge < -0.3 is 10.4 Å². The van der Waals surface area contributed by atoms with Gasteiger partial charge in [-0.2, -0.15) is 5.10 Å². The molecule has 2 aromatic rings. The summed E-state index contributed by atoms with van der Waals surface area (Å²) in [4.78, 5) is 23.3. The smallest absolute Gasteiger partial charge is 0.305 e. The van der Waals surface area contributed by atoms with Gasteiger partial charge in [0.2, 0.25) is 0 Å². The van der Waals surface area contributed by atoms with Gasteiger partial charge in [0.25, 0.3) is 5.91 Å². The third kappa shape index (κ3) is 3.94. The van der Waals surface area contributed by atoms with E-state index in [2.05, 4.69) is 26.3 Å². The lowest BCUT2D eigenvalue weighted by Crippen LogP contribution is -2.30. The van der Waals surface area contributed by atoms with E-state index in [0.29, 0.717) is 0 Å². The molecule has 0 fully saturated rings. The maximum atomic E-state index is 12.3. The number of benzene rings is 1. The van der Waals surface area contributed by atoms with E-state index in [9.17, 15) is 9.59 Å². The number of amides is 1. The molecule has 0 aliphatic heterocycles. The van der Waals surface area contributed by atoms with Crippen molar-refractivity contribution in [2.75, 3.05) is 0 Å². The van der Waals surface area contributed by atoms with Gasteiger partial charge in [0, 0.05) is 17.2 Å². The minimum atomic E-state index is -0.984. The Bertz CT molecular complexity index is 692. The molecule has 1 amide bonds. The monoisotopic (exact) mass is 365 g/mol. The van der Waals surface area contributed by atoms with Gasteiger partial charge in [-0.3, -0.25) is 14.3 Å². The molecule has 0 bridgehead atoms. The second-order valence-electron chi connectivity index (χ2n) is 4.97. The lowest BCUT2D eigenvalue weighted by Gasteiger charge is -2.17. The first-order chi connectivity index (χ1) is 10.4. The predicted octanol–water partition coefficient (Wildman–Crippen LogP) is 2.44. The number of carbonyl (C=O) groups excluding carboxylic acids is 1. The van der Waals surface area contributed by atoms with Crippen molar-refractivity contribution < 1.29 is 14.7 Å². The van der Waals surface area contributed by atoms with Crippen LogP contribution in [0.25, 0.3) is 0 Å². The number of aromatic nitrogens is 2. The highest BCUT2D eigenvalue weighted by molar-refractivity contribution is 9.10. The summed E-state index contributed by atoms with van der Waals surface area (Å²) in [6, 6.07) is 8.25. The summed E-state index contributed by atoms with van der Waals surface area (Å²) in [6.45, 7) is 1.84. The minimum absolute atomic E-state index is 0.200. The molecule has 1 heterocycles. The van der Waals surface area contributed by atoms with Crippen LogP contribution in [0.4, 0.5) is 0 Å². The number of nitrogens with zero attached hydrogens (tertiary/aromatic N) is 2. The summed E-state index contributed by atoms with van der Waals surface area (Å²) in [5.74, 6) is -1.38. The van der Waals surface area contributed by atoms with Gasteiger partial charge in [0.15, 0.2) is 0 Å². The van der Waals surface area contributed by atoms with Crippen molar-refractivity contribution in [3.05, 3.63) is 51.8 Å². The zero-order chi connectivity index (χ0) is 16.3. The van der Waals surface area contributed by atoms with E-state index in [-0.39, 0.29) is 12.1 Å². The molecule has 22 heavy (non-hydrogen) atoms. The molecule has 0 aliphatic rings. The Kier molecular flexibility index (Phi) is 4.97. The van der Waals surface area contributed by atoms with Crippen molar-refractivity contribution in [2.45, 2.75) is 19.4 Å². The second kappa shape index (κ2) is 6.74. The molecule has 1 aromatic heterocycles. The molecule has 0 saturated carbocycles. The molecule has 2 N–H and O–H groups in total. The van der Waals surface area contributed by atoms with Crippen LogP contribution < -0.4 is 5.32 Å². The fourth-order valence-electron chi connectivity index (χ4n) is 2.05. The van der Waals surface area contributed by atoms with Crippen molar-refractivity contribution in [3.8, 4) is 0 Å². The van der Waals surface area contributed by atoms with E-state index in [1.165, 1.54) is 0 Å². The first kappa shape index (κ1) is 16.2. The first-order valence-electron chi connectivity index (χ1n) is 6.65. The highest BCUT2D eigenvalue weighted by Gasteiger charge is 2.20. The molecule has 6 nitrogen and oxygen atoms in total. The predicted molar refractivity (Wildman–Crippen MR) is 84.5 cm³/mol. The van der Waals surface area contributed by atoms with Gasteiger partial charge in [-0.25, -0.2) is 0 Å². The Hall–Kier alpha value is -2.15. The largest absolute Gasteiger partial charge is 0.481 e. The number of rotatable bonds is 5. The molecular formula is C15H16BrN3O3. The lowest BCUT2D eigenvalue weighted by molar-refractivity contribution is -0.137. The number of aliphatic carboxylic acids is 1. The summed E-state index contributed by atoms with van der Waals surface area (Å²) in [6.07, 6.45) is -0.200. The average molecular weight is 366 g/mol. The molecule has 0 spiro atoms. The zero-order valence-corrected chi connectivity index (χ0v) is 13.8. The van der Waals surface area contributed by atoms with Crippen molar-refractivity contribution >= 4 is 27.8 Å². The summed E-state index contributed by atoms with van der Waals surface area (Å²) in [5.41, 5.74) is 1.84. The molecule has 1 atom stereocenters. The molecule has 0 saturated heterocycles. The molecule has 7 heteroatoms. The number of hydrogen-bond acceptors (Lipinski definition) is 3. The molecule has 2 rings (SSSR count). The first-order valence-corrected chi connectivity index (χ1v) is 7.45. The van der Waals surface area contributed by atoms with Gasteiger partial charge >= 0.3 is 5.97 Å². The van der Waals surface area contributed by atoms with Gasteiger partial charge in [0.1, 0.15) is 5.69 Å². The lowest BCUT2D eigenvalue weighted by atomic mass is 10.0. The van der Waals surface area contributed by atoms with Crippen LogP contribution in [-0.4, -0.2) is 26.8 Å². The number of carbonyl (C=O) groups is 2. The highest BCUT2D eigenvalue weighted by atomic mass is 79.9. The number of carboxylic acids is 1. The summed E-state index contributed by atoms with van der Waals surface area (Å²) in [7, 11) is 1.75. The molecule has 0 radical (unpaired) electrons. The number of hydrogen-bond donors (Lipinski definition) is 2. The van der Waals surface area contributed by atoms with Crippen molar-refractivity contribution in [1.82, 2.24) is 15.1 Å². The van der Waals surface area contributed by atoms with Crippen molar-refractivity contribution in [2.24, 2.45) is 7.05 Å². The van der Waals surface area contributed by atoms with Gasteiger partial charge in [0.05, 0.1) is 12.5 Å². The topological polar surface area (TPSA) is 84.2 Å². The van der Waals surface area contributed by atoms with Crippen LogP contribution in [0.1, 0.15) is 34.2 Å². The Balaban J connectivity index is 2.23. The standard InChI is InChI=1S/C15H16BrN3O3/c1-9-6-13(18-19(9)2)15(22)17-12(8-14(20)21)10-4-3-5-11(16)7-10/h3-7,12H,8H2,1-2H3,(H,17,22)(H,20,21). The number of halogens is 1. The van der Waals surface area contributed by atoms with E-state index in [0.717, 1.165) is 15.7 Å². The molecule has 1 aromatic carbocycles. The van der Waals surface area contributed by atoms with E-state index in [1.807, 2.05) is 13.0 Å². The fourth-order valence-corrected chi connectivity index (χ4v) is 2.47. The minimum Gasteiger partial charge on any atom is -0.481 e. The molecule has 0 aliphatic carbocycles. The van der Waals surface area contributed by atoms with Crippen molar-refractivity contribution in [1.29, 1.82) is 0 Å². The van der Waals surface area contributed by atoms with E-state index >= 15 is 0 Å². The van der Waals surface area contributed by atoms with Crippen LogP contribution in [0, 0.1) is 6.92 Å². The highest BCUT2D eigenvalue weighted by Crippen LogP contribution is 2.21. The number of carboxylic acid groups (broad SMARTS) is 1. The van der Waals surface area contributed by atoms with Gasteiger partial charge in [-0.05, 0) is 30.7 Å². The molecule has 116 valence electrons. The Morgan fingerprint density at radius 1 is 1.41 bits per heavy atom. The Labute approximate surface area is 136 Å². The summed E-state index contributed by atoms with van der Waals surface area (Å²) >= 11 is 3.34. The second-order valence-corrected chi connectivity index (χ2v) is 5.89. The fraction of sp³-hybridized carbons (Fsp3) is 0.267. The summed E-state index contributed by atoms with van der Waals surface area (Å²) < 4.78 is 2.42. The van der Waals surface area contributed by atoms with Crippen LogP contribution in [0.5, 0.6) is 0 Å². The number of aryl methyl sites for hydroxylation is 2. The van der Waals surface area contributed by atoms with Crippen LogP contribution in [0.15, 0.2) is 34.8 Å².